The van der Waals surface area contributed by atoms with Gasteiger partial charge in [-0.3, -0.25) is 9.48 Å². The Balaban J connectivity index is 2.17. The molecule has 1 unspecified atom stereocenters. The molecule has 0 aliphatic carbocycles. The minimum Gasteiger partial charge on any atom is -0.496 e. The van der Waals surface area contributed by atoms with E-state index in [4.69, 9.17) is 4.74 Å². The van der Waals surface area contributed by atoms with Crippen LogP contribution in [0.25, 0.3) is 0 Å². The summed E-state index contributed by atoms with van der Waals surface area (Å²) in [6.07, 6.45) is 3.89. The summed E-state index contributed by atoms with van der Waals surface area (Å²) in [6, 6.07) is 5.12. The van der Waals surface area contributed by atoms with Gasteiger partial charge in [-0.15, -0.1) is 6.58 Å². The quantitative estimate of drug-likeness (QED) is 0.829. The van der Waals surface area contributed by atoms with Gasteiger partial charge in [0.05, 0.1) is 13.2 Å². The third-order valence-corrected chi connectivity index (χ3v) is 3.39. The lowest BCUT2D eigenvalue weighted by atomic mass is 10.1. The Morgan fingerprint density at radius 2 is 2.32 bits per heavy atom. The number of aryl methyl sites for hydroxylation is 1. The third kappa shape index (κ3) is 3.33. The molecule has 1 atom stereocenters. The van der Waals surface area contributed by atoms with Crippen molar-refractivity contribution < 1.29 is 9.53 Å². The molecule has 22 heavy (non-hydrogen) atoms. The van der Waals surface area contributed by atoms with Crippen molar-refractivity contribution in [1.82, 2.24) is 20.1 Å². The van der Waals surface area contributed by atoms with E-state index in [9.17, 15) is 4.79 Å². The lowest BCUT2D eigenvalue weighted by Crippen LogP contribution is -2.28. The number of hydrogen-bond donors (Lipinski definition) is 1. The molecule has 1 aromatic heterocycles. The Labute approximate surface area is 129 Å². The molecule has 1 amide bonds. The largest absolute Gasteiger partial charge is 0.496 e. The predicted octanol–water partition coefficient (Wildman–Crippen LogP) is 2.04. The molecule has 2 rings (SSSR count). The van der Waals surface area contributed by atoms with Gasteiger partial charge in [-0.05, 0) is 37.1 Å². The van der Waals surface area contributed by atoms with Crippen LogP contribution in [0.15, 0.2) is 37.2 Å². The molecule has 0 aliphatic heterocycles. The van der Waals surface area contributed by atoms with Gasteiger partial charge in [0.25, 0.3) is 5.91 Å². The van der Waals surface area contributed by atoms with Crippen LogP contribution in [0, 0.1) is 0 Å². The highest BCUT2D eigenvalue weighted by Gasteiger charge is 2.16. The maximum atomic E-state index is 12.4. The van der Waals surface area contributed by atoms with Gasteiger partial charge in [0.15, 0.2) is 0 Å². The zero-order valence-corrected chi connectivity index (χ0v) is 13.0. The van der Waals surface area contributed by atoms with Crippen LogP contribution >= 0.6 is 0 Å². The average Bonchev–Trinajstić information content (AvgIpc) is 2.93. The second-order valence-electron chi connectivity index (χ2n) is 4.96. The van der Waals surface area contributed by atoms with E-state index in [1.54, 1.807) is 37.0 Å². The summed E-state index contributed by atoms with van der Waals surface area (Å²) in [5.74, 6) is 1.29. The molecule has 1 N–H and O–H groups in total. The lowest BCUT2D eigenvalue weighted by molar-refractivity contribution is 0.0937. The molecule has 1 heterocycles. The second-order valence-corrected chi connectivity index (χ2v) is 4.96. The number of amides is 1. The predicted molar refractivity (Wildman–Crippen MR) is 83.8 cm³/mol. The summed E-state index contributed by atoms with van der Waals surface area (Å²) < 4.78 is 6.93. The Morgan fingerprint density at radius 3 is 2.91 bits per heavy atom. The van der Waals surface area contributed by atoms with Crippen molar-refractivity contribution in [2.75, 3.05) is 7.11 Å². The van der Waals surface area contributed by atoms with Crippen molar-refractivity contribution in [2.24, 2.45) is 7.05 Å². The maximum Gasteiger partial charge on any atom is 0.251 e. The minimum atomic E-state index is -0.232. The van der Waals surface area contributed by atoms with E-state index in [0.29, 0.717) is 17.8 Å². The topological polar surface area (TPSA) is 69.0 Å². The highest BCUT2D eigenvalue weighted by Crippen LogP contribution is 2.21. The van der Waals surface area contributed by atoms with Gasteiger partial charge < -0.3 is 10.1 Å². The molecule has 0 radical (unpaired) electrons. The van der Waals surface area contributed by atoms with Crippen LogP contribution in [0.1, 0.15) is 34.7 Å². The Kier molecular flexibility index (Phi) is 4.93. The number of allylic oxidation sites excluding steroid dienone is 1. The Hall–Kier alpha value is -2.63. The van der Waals surface area contributed by atoms with E-state index in [2.05, 4.69) is 22.0 Å². The van der Waals surface area contributed by atoms with Gasteiger partial charge in [-0.25, -0.2) is 4.98 Å². The monoisotopic (exact) mass is 300 g/mol. The highest BCUT2D eigenvalue weighted by molar-refractivity contribution is 5.94. The number of hydrogen-bond acceptors (Lipinski definition) is 4. The molecule has 6 nitrogen and oxygen atoms in total. The van der Waals surface area contributed by atoms with Crippen LogP contribution in [-0.2, 0) is 13.5 Å². The van der Waals surface area contributed by atoms with Gasteiger partial charge in [-0.1, -0.05) is 6.08 Å². The molecule has 0 aliphatic rings. The zero-order chi connectivity index (χ0) is 16.1. The first-order valence-corrected chi connectivity index (χ1v) is 6.99. The van der Waals surface area contributed by atoms with E-state index in [1.807, 2.05) is 13.0 Å². The number of benzene rings is 1. The molecule has 2 aromatic rings. The first kappa shape index (κ1) is 15.8. The van der Waals surface area contributed by atoms with Crippen LogP contribution in [-0.4, -0.2) is 27.8 Å². The van der Waals surface area contributed by atoms with Crippen molar-refractivity contribution in [3.05, 3.63) is 54.1 Å². The summed E-state index contributed by atoms with van der Waals surface area (Å²) >= 11 is 0. The van der Waals surface area contributed by atoms with Gasteiger partial charge in [-0.2, -0.15) is 5.10 Å². The summed E-state index contributed by atoms with van der Waals surface area (Å²) in [6.45, 7) is 5.59. The Bertz CT molecular complexity index is 679. The zero-order valence-electron chi connectivity index (χ0n) is 13.0. The number of aromatic nitrogens is 3. The number of carbonyl (C=O) groups is 1. The van der Waals surface area contributed by atoms with E-state index in [-0.39, 0.29) is 11.9 Å². The smallest absolute Gasteiger partial charge is 0.251 e. The minimum absolute atomic E-state index is 0.163. The number of methoxy groups -OCH3 is 1. The molecule has 0 bridgehead atoms. The Morgan fingerprint density at radius 1 is 1.55 bits per heavy atom. The highest BCUT2D eigenvalue weighted by atomic mass is 16.5. The van der Waals surface area contributed by atoms with Crippen molar-refractivity contribution in [3.8, 4) is 5.75 Å². The van der Waals surface area contributed by atoms with Gasteiger partial charge in [0.2, 0.25) is 0 Å². The van der Waals surface area contributed by atoms with Crippen LogP contribution in [0.3, 0.4) is 0 Å². The van der Waals surface area contributed by atoms with Crippen LogP contribution in [0.5, 0.6) is 5.75 Å². The molecule has 116 valence electrons. The van der Waals surface area contributed by atoms with Crippen LogP contribution in [0.4, 0.5) is 0 Å². The lowest BCUT2D eigenvalue weighted by Gasteiger charge is -2.14. The molecular formula is C16H20N4O2. The molecule has 6 heteroatoms. The first-order valence-electron chi connectivity index (χ1n) is 6.99. The third-order valence-electron chi connectivity index (χ3n) is 3.39. The SMILES string of the molecule is C=CCc1cc(C(=O)NC(C)c2ncnn2C)ccc1OC. The standard InChI is InChI=1S/C16H20N4O2/c1-5-6-12-9-13(7-8-14(12)22-4)16(21)19-11(2)15-17-10-18-20(15)3/h5,7-11H,1,6H2,2-4H3,(H,19,21). The number of rotatable bonds is 6. The summed E-state index contributed by atoms with van der Waals surface area (Å²) in [4.78, 5) is 16.5. The summed E-state index contributed by atoms with van der Waals surface area (Å²) in [5.41, 5.74) is 1.50. The van der Waals surface area contributed by atoms with Crippen LogP contribution in [0.2, 0.25) is 0 Å². The average molecular weight is 300 g/mol. The molecule has 0 spiro atoms. The summed E-state index contributed by atoms with van der Waals surface area (Å²) in [5, 5.41) is 6.92. The molecule has 0 fully saturated rings. The van der Waals surface area contributed by atoms with Crippen molar-refractivity contribution >= 4 is 5.91 Å². The molecule has 0 saturated carbocycles. The maximum absolute atomic E-state index is 12.4. The van der Waals surface area contributed by atoms with Crippen LogP contribution < -0.4 is 10.1 Å². The number of nitrogens with zero attached hydrogens (tertiary/aromatic N) is 3. The second kappa shape index (κ2) is 6.89. The first-order chi connectivity index (χ1) is 10.6. The number of nitrogens with one attached hydrogen (secondary N) is 1. The molecule has 1 aromatic carbocycles. The van der Waals surface area contributed by atoms with E-state index in [0.717, 1.165) is 11.3 Å². The molecular weight excluding hydrogens is 280 g/mol. The van der Waals surface area contributed by atoms with Crippen molar-refractivity contribution in [1.29, 1.82) is 0 Å². The summed E-state index contributed by atoms with van der Waals surface area (Å²) in [7, 11) is 3.40. The van der Waals surface area contributed by atoms with E-state index in [1.165, 1.54) is 6.33 Å². The van der Waals surface area contributed by atoms with Gasteiger partial charge in [0, 0.05) is 12.6 Å². The molecule has 0 saturated heterocycles. The number of ether oxygens (including phenoxy) is 1. The normalized spacial score (nSPS) is 11.8. The fraction of sp³-hybridized carbons (Fsp3) is 0.312. The fourth-order valence-corrected chi connectivity index (χ4v) is 2.28. The van der Waals surface area contributed by atoms with Crippen molar-refractivity contribution in [2.45, 2.75) is 19.4 Å². The number of carbonyl (C=O) groups excluding carboxylic acids is 1. The van der Waals surface area contributed by atoms with Crippen molar-refractivity contribution in [3.63, 3.8) is 0 Å². The van der Waals surface area contributed by atoms with Gasteiger partial charge in [0.1, 0.15) is 17.9 Å². The fourth-order valence-electron chi connectivity index (χ4n) is 2.28. The van der Waals surface area contributed by atoms with Gasteiger partial charge >= 0.3 is 0 Å². The van der Waals surface area contributed by atoms with E-state index >= 15 is 0 Å². The van der Waals surface area contributed by atoms with E-state index < -0.39 is 0 Å².